The Morgan fingerprint density at radius 1 is 0.794 bits per heavy atom. The molecule has 0 aromatic heterocycles. The zero-order valence-electron chi connectivity index (χ0n) is 19.3. The van der Waals surface area contributed by atoms with Crippen molar-refractivity contribution in [3.63, 3.8) is 0 Å². The normalized spacial score (nSPS) is 13.3. The Morgan fingerprint density at radius 2 is 1.50 bits per heavy atom. The van der Waals surface area contributed by atoms with Crippen LogP contribution in [0.4, 0.5) is 11.4 Å². The number of carbonyl (C=O) groups excluding carboxylic acids is 2. The maximum Gasteiger partial charge on any atom is 0.282 e. The smallest absolute Gasteiger partial charge is 0.282 e. The van der Waals surface area contributed by atoms with Crippen LogP contribution in [0.5, 0.6) is 17.2 Å². The number of para-hydroxylation sites is 2. The molecular weight excluding hydrogens is 432 g/mol. The van der Waals surface area contributed by atoms with E-state index in [0.29, 0.717) is 40.8 Å². The third-order valence-corrected chi connectivity index (χ3v) is 5.37. The minimum Gasteiger partial charge on any atom is -0.493 e. The van der Waals surface area contributed by atoms with Crippen LogP contribution in [0, 0.1) is 0 Å². The summed E-state index contributed by atoms with van der Waals surface area (Å²) >= 11 is 0. The van der Waals surface area contributed by atoms with Crippen molar-refractivity contribution in [2.75, 3.05) is 31.0 Å². The molecule has 0 spiro atoms. The second kappa shape index (κ2) is 10.1. The Balaban J connectivity index is 1.79. The van der Waals surface area contributed by atoms with Crippen molar-refractivity contribution in [1.29, 1.82) is 0 Å². The zero-order chi connectivity index (χ0) is 24.1. The van der Waals surface area contributed by atoms with Crippen LogP contribution in [0.15, 0.2) is 78.5 Å². The number of methoxy groups -OCH3 is 2. The van der Waals surface area contributed by atoms with Crippen LogP contribution in [0.1, 0.15) is 18.9 Å². The molecule has 1 aliphatic rings. The molecule has 0 unspecified atom stereocenters. The van der Waals surface area contributed by atoms with Crippen molar-refractivity contribution in [2.24, 2.45) is 0 Å². The van der Waals surface area contributed by atoms with Gasteiger partial charge in [0.15, 0.2) is 11.5 Å². The predicted octanol–water partition coefficient (Wildman–Crippen LogP) is 4.89. The van der Waals surface area contributed by atoms with E-state index >= 15 is 0 Å². The van der Waals surface area contributed by atoms with Gasteiger partial charge in [-0.15, -0.1) is 0 Å². The van der Waals surface area contributed by atoms with Gasteiger partial charge in [-0.25, -0.2) is 4.90 Å². The molecule has 2 amide bonds. The summed E-state index contributed by atoms with van der Waals surface area (Å²) < 4.78 is 16.5. The molecule has 174 valence electrons. The van der Waals surface area contributed by atoms with Crippen LogP contribution < -0.4 is 24.4 Å². The lowest BCUT2D eigenvalue weighted by molar-refractivity contribution is -0.120. The maximum atomic E-state index is 13.7. The van der Waals surface area contributed by atoms with E-state index in [1.807, 2.05) is 31.2 Å². The van der Waals surface area contributed by atoms with Crippen molar-refractivity contribution in [2.45, 2.75) is 13.3 Å². The molecule has 0 radical (unpaired) electrons. The molecule has 34 heavy (non-hydrogen) atoms. The molecule has 3 aromatic carbocycles. The number of benzene rings is 3. The molecule has 3 aromatic rings. The predicted molar refractivity (Wildman–Crippen MR) is 131 cm³/mol. The lowest BCUT2D eigenvalue weighted by Crippen LogP contribution is -2.32. The lowest BCUT2D eigenvalue weighted by atomic mass is 10.0. The Labute approximate surface area is 198 Å². The van der Waals surface area contributed by atoms with E-state index < -0.39 is 11.8 Å². The Bertz CT molecular complexity index is 1240. The van der Waals surface area contributed by atoms with Gasteiger partial charge < -0.3 is 19.5 Å². The SMILES string of the molecule is CCCOc1ccccc1N1C(=O)C(Nc2ccc(OC)c(OC)c2)=C(c2ccccc2)C1=O. The van der Waals surface area contributed by atoms with Crippen molar-refractivity contribution < 1.29 is 23.8 Å². The number of imide groups is 1. The fraction of sp³-hybridized carbons (Fsp3) is 0.185. The number of ether oxygens (including phenoxy) is 3. The van der Waals surface area contributed by atoms with E-state index in [9.17, 15) is 9.59 Å². The molecule has 7 heteroatoms. The van der Waals surface area contributed by atoms with Crippen LogP contribution in [0.2, 0.25) is 0 Å². The summed E-state index contributed by atoms with van der Waals surface area (Å²) in [4.78, 5) is 28.5. The number of amides is 2. The van der Waals surface area contributed by atoms with Crippen molar-refractivity contribution >= 4 is 28.8 Å². The van der Waals surface area contributed by atoms with Gasteiger partial charge in [0, 0.05) is 11.8 Å². The van der Waals surface area contributed by atoms with E-state index in [0.717, 1.165) is 11.3 Å². The summed E-state index contributed by atoms with van der Waals surface area (Å²) in [6, 6.07) is 21.4. The van der Waals surface area contributed by atoms with Gasteiger partial charge in [0.25, 0.3) is 11.8 Å². The van der Waals surface area contributed by atoms with Gasteiger partial charge in [0.05, 0.1) is 32.1 Å². The van der Waals surface area contributed by atoms with Gasteiger partial charge in [-0.1, -0.05) is 49.4 Å². The van der Waals surface area contributed by atoms with E-state index in [1.54, 1.807) is 55.6 Å². The van der Waals surface area contributed by atoms with Gasteiger partial charge in [-0.05, 0) is 36.2 Å². The highest BCUT2D eigenvalue weighted by Gasteiger charge is 2.41. The first kappa shape index (κ1) is 22.9. The first-order chi connectivity index (χ1) is 16.6. The quantitative estimate of drug-likeness (QED) is 0.460. The van der Waals surface area contributed by atoms with Gasteiger partial charge in [-0.3, -0.25) is 9.59 Å². The summed E-state index contributed by atoms with van der Waals surface area (Å²) in [5.41, 5.74) is 2.08. The summed E-state index contributed by atoms with van der Waals surface area (Å²) in [5, 5.41) is 3.15. The minimum atomic E-state index is -0.466. The largest absolute Gasteiger partial charge is 0.493 e. The maximum absolute atomic E-state index is 13.7. The van der Waals surface area contributed by atoms with Gasteiger partial charge in [0.1, 0.15) is 11.4 Å². The highest BCUT2D eigenvalue weighted by Crippen LogP contribution is 2.38. The molecule has 0 fully saturated rings. The molecule has 0 atom stereocenters. The molecule has 0 aliphatic carbocycles. The van der Waals surface area contributed by atoms with Crippen LogP contribution in [0.3, 0.4) is 0 Å². The Hall–Kier alpha value is -4.26. The standard InChI is InChI=1S/C27H26N2O5/c1-4-16-34-21-13-9-8-12-20(21)29-26(30)24(18-10-6-5-7-11-18)25(27(29)31)28-19-14-15-22(32-2)23(17-19)33-3/h5-15,17,28H,4,16H2,1-3H3. The van der Waals surface area contributed by atoms with Crippen LogP contribution in [-0.4, -0.2) is 32.6 Å². The zero-order valence-corrected chi connectivity index (χ0v) is 19.3. The number of hydrogen-bond donors (Lipinski definition) is 1. The van der Waals surface area contributed by atoms with Gasteiger partial charge >= 0.3 is 0 Å². The third-order valence-electron chi connectivity index (χ3n) is 5.37. The fourth-order valence-corrected chi connectivity index (χ4v) is 3.77. The second-order valence-electron chi connectivity index (χ2n) is 7.57. The van der Waals surface area contributed by atoms with Crippen molar-refractivity contribution in [3.8, 4) is 17.2 Å². The second-order valence-corrected chi connectivity index (χ2v) is 7.57. The number of rotatable bonds is 9. The molecule has 7 nitrogen and oxygen atoms in total. The molecule has 1 N–H and O–H groups in total. The van der Waals surface area contributed by atoms with Crippen molar-refractivity contribution in [3.05, 3.63) is 84.1 Å². The molecule has 0 bridgehead atoms. The summed E-state index contributed by atoms with van der Waals surface area (Å²) in [6.45, 7) is 2.47. The molecular formula is C27H26N2O5. The van der Waals surface area contributed by atoms with Gasteiger partial charge in [0.2, 0.25) is 0 Å². The number of hydrogen-bond acceptors (Lipinski definition) is 6. The third kappa shape index (κ3) is 4.32. The number of carbonyl (C=O) groups is 2. The van der Waals surface area contributed by atoms with E-state index in [2.05, 4.69) is 5.32 Å². The van der Waals surface area contributed by atoms with E-state index in [1.165, 1.54) is 7.11 Å². The molecule has 0 saturated carbocycles. The van der Waals surface area contributed by atoms with Crippen molar-refractivity contribution in [1.82, 2.24) is 0 Å². The first-order valence-electron chi connectivity index (χ1n) is 11.0. The number of nitrogens with zero attached hydrogens (tertiary/aromatic N) is 1. The first-order valence-corrected chi connectivity index (χ1v) is 11.0. The highest BCUT2D eigenvalue weighted by molar-refractivity contribution is 6.46. The molecule has 1 heterocycles. The average Bonchev–Trinajstić information content (AvgIpc) is 3.12. The fourth-order valence-electron chi connectivity index (χ4n) is 3.77. The van der Waals surface area contributed by atoms with Crippen LogP contribution in [-0.2, 0) is 9.59 Å². The summed E-state index contributed by atoms with van der Waals surface area (Å²) in [6.07, 6.45) is 0.801. The minimum absolute atomic E-state index is 0.175. The average molecular weight is 459 g/mol. The number of anilines is 2. The Morgan fingerprint density at radius 3 is 2.21 bits per heavy atom. The lowest BCUT2D eigenvalue weighted by Gasteiger charge is -2.19. The number of nitrogens with one attached hydrogen (secondary N) is 1. The highest BCUT2D eigenvalue weighted by atomic mass is 16.5. The van der Waals surface area contributed by atoms with Crippen LogP contribution in [0.25, 0.3) is 5.57 Å². The van der Waals surface area contributed by atoms with E-state index in [4.69, 9.17) is 14.2 Å². The molecule has 1 aliphatic heterocycles. The summed E-state index contributed by atoms with van der Waals surface area (Å²) in [5.74, 6) is 0.646. The topological polar surface area (TPSA) is 77.1 Å². The Kier molecular flexibility index (Phi) is 6.82. The molecule has 0 saturated heterocycles. The van der Waals surface area contributed by atoms with Gasteiger partial charge in [-0.2, -0.15) is 0 Å². The van der Waals surface area contributed by atoms with Crippen LogP contribution >= 0.6 is 0 Å². The van der Waals surface area contributed by atoms with E-state index in [-0.39, 0.29) is 11.3 Å². The summed E-state index contributed by atoms with van der Waals surface area (Å²) in [7, 11) is 3.09. The molecule has 4 rings (SSSR count). The monoisotopic (exact) mass is 458 g/mol.